The predicted molar refractivity (Wildman–Crippen MR) is 70.2 cm³/mol. The second kappa shape index (κ2) is 7.46. The monoisotopic (exact) mass is 250 g/mol. The molecule has 0 atom stereocenters. The first-order valence-corrected chi connectivity index (χ1v) is 6.63. The van der Waals surface area contributed by atoms with Crippen molar-refractivity contribution in [2.45, 2.75) is 26.0 Å². The molecule has 0 spiro atoms. The Balaban J connectivity index is 1.73. The molecular formula is C14H22N2O2. The van der Waals surface area contributed by atoms with Gasteiger partial charge in [0.05, 0.1) is 24.6 Å². The summed E-state index contributed by atoms with van der Waals surface area (Å²) in [6.07, 6.45) is 2.24. The number of hydrogen-bond acceptors (Lipinski definition) is 4. The van der Waals surface area contributed by atoms with E-state index in [0.717, 1.165) is 50.6 Å². The van der Waals surface area contributed by atoms with E-state index in [2.05, 4.69) is 10.3 Å². The lowest BCUT2D eigenvalue weighted by molar-refractivity contribution is 0.0150. The summed E-state index contributed by atoms with van der Waals surface area (Å²) in [6, 6.07) is 6.08. The van der Waals surface area contributed by atoms with Crippen molar-refractivity contribution in [2.24, 2.45) is 5.92 Å². The fraction of sp³-hybridized carbons (Fsp3) is 0.643. The van der Waals surface area contributed by atoms with E-state index in [-0.39, 0.29) is 0 Å². The summed E-state index contributed by atoms with van der Waals surface area (Å²) in [5.41, 5.74) is 2.07. The first kappa shape index (κ1) is 13.5. The van der Waals surface area contributed by atoms with Crippen LogP contribution in [0.5, 0.6) is 0 Å². The van der Waals surface area contributed by atoms with E-state index in [4.69, 9.17) is 9.47 Å². The normalized spacial score (nSPS) is 16.9. The van der Waals surface area contributed by atoms with Crippen LogP contribution in [0.3, 0.4) is 0 Å². The number of pyridine rings is 1. The van der Waals surface area contributed by atoms with Crippen LogP contribution in [0.1, 0.15) is 24.2 Å². The van der Waals surface area contributed by atoms with Gasteiger partial charge in [-0.25, -0.2) is 0 Å². The summed E-state index contributed by atoms with van der Waals surface area (Å²) in [6.45, 7) is 3.98. The van der Waals surface area contributed by atoms with Crippen molar-refractivity contribution in [2.75, 3.05) is 26.9 Å². The molecule has 0 unspecified atom stereocenters. The van der Waals surface area contributed by atoms with Crippen molar-refractivity contribution in [3.05, 3.63) is 29.6 Å². The molecule has 1 aromatic rings. The van der Waals surface area contributed by atoms with E-state index < -0.39 is 0 Å². The van der Waals surface area contributed by atoms with Crippen molar-refractivity contribution in [1.82, 2.24) is 10.3 Å². The summed E-state index contributed by atoms with van der Waals surface area (Å²) in [5, 5.41) is 3.10. The molecular weight excluding hydrogens is 228 g/mol. The molecule has 0 bridgehead atoms. The van der Waals surface area contributed by atoms with Crippen LogP contribution in [0.25, 0.3) is 0 Å². The Labute approximate surface area is 109 Å². The van der Waals surface area contributed by atoms with Gasteiger partial charge >= 0.3 is 0 Å². The maximum Gasteiger partial charge on any atom is 0.0888 e. The minimum atomic E-state index is 0.606. The largest absolute Gasteiger partial charge is 0.381 e. The molecule has 2 heterocycles. The summed E-state index contributed by atoms with van der Waals surface area (Å²) >= 11 is 0. The quantitative estimate of drug-likeness (QED) is 0.835. The van der Waals surface area contributed by atoms with E-state index in [1.807, 2.05) is 25.2 Å². The number of hydrogen-bond donors (Lipinski definition) is 1. The summed E-state index contributed by atoms with van der Waals surface area (Å²) < 4.78 is 11.1. The van der Waals surface area contributed by atoms with Gasteiger partial charge in [0.2, 0.25) is 0 Å². The van der Waals surface area contributed by atoms with Gasteiger partial charge in [0, 0.05) is 19.8 Å². The van der Waals surface area contributed by atoms with Gasteiger partial charge in [-0.05, 0) is 37.9 Å². The first-order valence-electron chi connectivity index (χ1n) is 6.63. The van der Waals surface area contributed by atoms with E-state index in [0.29, 0.717) is 12.5 Å². The molecule has 1 aliphatic heterocycles. The molecule has 0 radical (unpaired) electrons. The molecule has 4 nitrogen and oxygen atoms in total. The topological polar surface area (TPSA) is 43.4 Å². The van der Waals surface area contributed by atoms with Crippen molar-refractivity contribution in [1.29, 1.82) is 0 Å². The third-order valence-electron chi connectivity index (χ3n) is 3.17. The van der Waals surface area contributed by atoms with E-state index >= 15 is 0 Å². The lowest BCUT2D eigenvalue weighted by atomic mass is 10.0. The van der Waals surface area contributed by atoms with E-state index in [9.17, 15) is 0 Å². The van der Waals surface area contributed by atoms with Crippen LogP contribution in [-0.4, -0.2) is 31.9 Å². The molecule has 0 saturated carbocycles. The van der Waals surface area contributed by atoms with Crippen molar-refractivity contribution in [3.8, 4) is 0 Å². The number of nitrogens with one attached hydrogen (secondary N) is 1. The Morgan fingerprint density at radius 3 is 2.89 bits per heavy atom. The van der Waals surface area contributed by atoms with E-state index in [1.54, 1.807) is 0 Å². The zero-order chi connectivity index (χ0) is 12.6. The van der Waals surface area contributed by atoms with Gasteiger partial charge in [-0.3, -0.25) is 4.98 Å². The van der Waals surface area contributed by atoms with Crippen LogP contribution in [0.2, 0.25) is 0 Å². The fourth-order valence-electron chi connectivity index (χ4n) is 2.13. The lowest BCUT2D eigenvalue weighted by Crippen LogP contribution is -2.20. The highest BCUT2D eigenvalue weighted by molar-refractivity contribution is 5.10. The SMILES string of the molecule is CNCc1cccc(COCC2CCOCC2)n1. The third-order valence-corrected chi connectivity index (χ3v) is 3.17. The van der Waals surface area contributed by atoms with Crippen LogP contribution in [0.4, 0.5) is 0 Å². The third kappa shape index (κ3) is 4.37. The standard InChI is InChI=1S/C14H22N2O2/c1-15-9-13-3-2-4-14(16-13)11-18-10-12-5-7-17-8-6-12/h2-4,12,15H,5-11H2,1H3. The van der Waals surface area contributed by atoms with Crippen molar-refractivity contribution < 1.29 is 9.47 Å². The maximum atomic E-state index is 5.75. The number of rotatable bonds is 6. The molecule has 0 aromatic carbocycles. The predicted octanol–water partition coefficient (Wildman–Crippen LogP) is 1.74. The van der Waals surface area contributed by atoms with Crippen LogP contribution < -0.4 is 5.32 Å². The van der Waals surface area contributed by atoms with Crippen LogP contribution >= 0.6 is 0 Å². The number of ether oxygens (including phenoxy) is 2. The van der Waals surface area contributed by atoms with Gasteiger partial charge in [-0.1, -0.05) is 6.07 Å². The van der Waals surface area contributed by atoms with Gasteiger partial charge < -0.3 is 14.8 Å². The molecule has 1 aromatic heterocycles. The zero-order valence-electron chi connectivity index (χ0n) is 11.0. The second-order valence-electron chi connectivity index (χ2n) is 4.72. The van der Waals surface area contributed by atoms with E-state index in [1.165, 1.54) is 0 Å². The molecule has 4 heteroatoms. The Hall–Kier alpha value is -0.970. The average molecular weight is 250 g/mol. The maximum absolute atomic E-state index is 5.75. The molecule has 18 heavy (non-hydrogen) atoms. The highest BCUT2D eigenvalue weighted by Crippen LogP contribution is 2.15. The Morgan fingerprint density at radius 1 is 1.33 bits per heavy atom. The average Bonchev–Trinajstić information content (AvgIpc) is 2.41. The molecule has 1 fully saturated rings. The van der Waals surface area contributed by atoms with Crippen molar-refractivity contribution in [3.63, 3.8) is 0 Å². The fourth-order valence-corrected chi connectivity index (χ4v) is 2.13. The second-order valence-corrected chi connectivity index (χ2v) is 4.72. The van der Waals surface area contributed by atoms with Gasteiger partial charge in [0.15, 0.2) is 0 Å². The summed E-state index contributed by atoms with van der Waals surface area (Å²) in [7, 11) is 1.93. The Bertz CT molecular complexity index is 351. The molecule has 0 aliphatic carbocycles. The molecule has 1 aliphatic rings. The molecule has 2 rings (SSSR count). The van der Waals surface area contributed by atoms with Crippen LogP contribution in [0, 0.1) is 5.92 Å². The minimum absolute atomic E-state index is 0.606. The molecule has 1 saturated heterocycles. The zero-order valence-corrected chi connectivity index (χ0v) is 11.0. The minimum Gasteiger partial charge on any atom is -0.381 e. The van der Waals surface area contributed by atoms with Crippen LogP contribution in [0.15, 0.2) is 18.2 Å². The number of aromatic nitrogens is 1. The molecule has 0 amide bonds. The van der Waals surface area contributed by atoms with Gasteiger partial charge in [0.25, 0.3) is 0 Å². The Kier molecular flexibility index (Phi) is 5.58. The highest BCUT2D eigenvalue weighted by Gasteiger charge is 2.13. The van der Waals surface area contributed by atoms with Gasteiger partial charge in [0.1, 0.15) is 0 Å². The lowest BCUT2D eigenvalue weighted by Gasteiger charge is -2.21. The number of nitrogens with zero attached hydrogens (tertiary/aromatic N) is 1. The van der Waals surface area contributed by atoms with Crippen LogP contribution in [-0.2, 0) is 22.6 Å². The summed E-state index contributed by atoms with van der Waals surface area (Å²) in [5.74, 6) is 0.652. The van der Waals surface area contributed by atoms with Gasteiger partial charge in [-0.2, -0.15) is 0 Å². The van der Waals surface area contributed by atoms with Crippen molar-refractivity contribution >= 4 is 0 Å². The first-order chi connectivity index (χ1) is 8.88. The highest BCUT2D eigenvalue weighted by atomic mass is 16.5. The van der Waals surface area contributed by atoms with Gasteiger partial charge in [-0.15, -0.1) is 0 Å². The molecule has 100 valence electrons. The smallest absolute Gasteiger partial charge is 0.0888 e. The Morgan fingerprint density at radius 2 is 2.11 bits per heavy atom. The summed E-state index contributed by atoms with van der Waals surface area (Å²) in [4.78, 5) is 4.53. The molecule has 1 N–H and O–H groups in total.